The van der Waals surface area contributed by atoms with Crippen molar-refractivity contribution in [2.45, 2.75) is 19.4 Å². The maximum absolute atomic E-state index is 6.12. The molecule has 0 fully saturated rings. The Morgan fingerprint density at radius 1 is 1.26 bits per heavy atom. The van der Waals surface area contributed by atoms with Gasteiger partial charge in [-0.05, 0) is 65.0 Å². The fourth-order valence-corrected chi connectivity index (χ4v) is 4.01. The van der Waals surface area contributed by atoms with E-state index in [1.54, 1.807) is 11.3 Å². The topological polar surface area (TPSA) is 12.0 Å². The lowest BCUT2D eigenvalue weighted by Crippen LogP contribution is -2.23. The molecule has 1 heterocycles. The summed E-state index contributed by atoms with van der Waals surface area (Å²) in [5, 5.41) is 4.30. The molecule has 0 aliphatic heterocycles. The average Bonchev–Trinajstić information content (AvgIpc) is 2.77. The summed E-state index contributed by atoms with van der Waals surface area (Å²) in [4.78, 5) is 1.28. The Morgan fingerprint density at radius 2 is 2.05 bits per heavy atom. The predicted molar refractivity (Wildman–Crippen MR) is 93.6 cm³/mol. The molecule has 0 radical (unpaired) electrons. The van der Waals surface area contributed by atoms with E-state index < -0.39 is 0 Å². The highest BCUT2D eigenvalue weighted by molar-refractivity contribution is 14.1. The summed E-state index contributed by atoms with van der Waals surface area (Å²) in [5.74, 6) is 0. The fourth-order valence-electron chi connectivity index (χ4n) is 1.98. The van der Waals surface area contributed by atoms with Crippen molar-refractivity contribution in [3.8, 4) is 0 Å². The lowest BCUT2D eigenvalue weighted by Gasteiger charge is -2.19. The van der Waals surface area contributed by atoms with Gasteiger partial charge in [0.2, 0.25) is 0 Å². The van der Waals surface area contributed by atoms with E-state index in [-0.39, 0.29) is 6.04 Å². The maximum atomic E-state index is 6.12. The largest absolute Gasteiger partial charge is 0.310 e. The molecule has 0 aliphatic rings. The van der Waals surface area contributed by atoms with Crippen LogP contribution in [0, 0.1) is 3.57 Å². The van der Waals surface area contributed by atoms with Crippen LogP contribution in [0.3, 0.4) is 0 Å². The number of halogens is 3. The lowest BCUT2D eigenvalue weighted by atomic mass is 10.0. The second-order valence-electron chi connectivity index (χ2n) is 4.19. The summed E-state index contributed by atoms with van der Waals surface area (Å²) >= 11 is 16.1. The zero-order valence-electron chi connectivity index (χ0n) is 10.4. The molecule has 2 aromatic rings. The summed E-state index contributed by atoms with van der Waals surface area (Å²) in [5.41, 5.74) is 1.25. The molecule has 2 rings (SSSR count). The quantitative estimate of drug-likeness (QED) is 0.619. The van der Waals surface area contributed by atoms with Gasteiger partial charge in [-0.1, -0.05) is 30.1 Å². The van der Waals surface area contributed by atoms with E-state index in [1.165, 1.54) is 14.0 Å². The van der Waals surface area contributed by atoms with Gasteiger partial charge in [0.25, 0.3) is 0 Å². The van der Waals surface area contributed by atoms with Crippen LogP contribution in [0.1, 0.15) is 23.4 Å². The van der Waals surface area contributed by atoms with Gasteiger partial charge in [0.15, 0.2) is 0 Å². The van der Waals surface area contributed by atoms with Crippen molar-refractivity contribution in [1.29, 1.82) is 0 Å². The fraction of sp³-hybridized carbons (Fsp3) is 0.286. The number of hydrogen-bond donors (Lipinski definition) is 1. The van der Waals surface area contributed by atoms with E-state index in [2.05, 4.69) is 47.0 Å². The van der Waals surface area contributed by atoms with Gasteiger partial charge in [-0.15, -0.1) is 11.3 Å². The van der Waals surface area contributed by atoms with Crippen LogP contribution in [-0.4, -0.2) is 6.54 Å². The van der Waals surface area contributed by atoms with Crippen LogP contribution in [0.4, 0.5) is 0 Å². The molecule has 1 unspecified atom stereocenters. The van der Waals surface area contributed by atoms with Crippen LogP contribution in [0.25, 0.3) is 0 Å². The molecule has 1 nitrogen and oxygen atoms in total. The molecule has 5 heteroatoms. The van der Waals surface area contributed by atoms with Crippen molar-refractivity contribution >= 4 is 57.1 Å². The number of rotatable bonds is 5. The second-order valence-corrected chi connectivity index (χ2v) is 7.58. The molecule has 0 amide bonds. The minimum atomic E-state index is 0.269. The Morgan fingerprint density at radius 3 is 2.68 bits per heavy atom. The standard InChI is InChI=1S/C14H14Cl2INS/c1-2-18-13(8-10-4-6-14(16)19-10)11-7-9(15)3-5-12(11)17/h3-7,13,18H,2,8H2,1H3. The highest BCUT2D eigenvalue weighted by Crippen LogP contribution is 2.30. The van der Waals surface area contributed by atoms with E-state index in [0.717, 1.165) is 22.3 Å². The average molecular weight is 426 g/mol. The molecule has 0 bridgehead atoms. The number of thiophene rings is 1. The molecule has 19 heavy (non-hydrogen) atoms. The van der Waals surface area contributed by atoms with Gasteiger partial charge in [-0.3, -0.25) is 0 Å². The number of likely N-dealkylation sites (N-methyl/N-ethyl adjacent to an activating group) is 1. The van der Waals surface area contributed by atoms with Crippen molar-refractivity contribution in [1.82, 2.24) is 5.32 Å². The van der Waals surface area contributed by atoms with Gasteiger partial charge < -0.3 is 5.32 Å². The molecule has 1 aromatic carbocycles. The third-order valence-corrected chi connectivity index (χ3v) is 5.29. The predicted octanol–water partition coefficient (Wildman–Crippen LogP) is 5.55. The zero-order chi connectivity index (χ0) is 13.8. The summed E-state index contributed by atoms with van der Waals surface area (Å²) < 4.78 is 2.07. The first-order valence-corrected chi connectivity index (χ1v) is 8.67. The molecular formula is C14H14Cl2INS. The van der Waals surface area contributed by atoms with Gasteiger partial charge in [0.05, 0.1) is 4.34 Å². The van der Waals surface area contributed by atoms with Gasteiger partial charge in [0.1, 0.15) is 0 Å². The van der Waals surface area contributed by atoms with Crippen LogP contribution < -0.4 is 5.32 Å². The van der Waals surface area contributed by atoms with Crippen molar-refractivity contribution in [2.75, 3.05) is 6.54 Å². The van der Waals surface area contributed by atoms with E-state index >= 15 is 0 Å². The van der Waals surface area contributed by atoms with E-state index in [9.17, 15) is 0 Å². The number of nitrogens with one attached hydrogen (secondary N) is 1. The Hall–Kier alpha value is 0.190. The van der Waals surface area contributed by atoms with Crippen LogP contribution in [0.5, 0.6) is 0 Å². The Bertz CT molecular complexity index is 556. The normalized spacial score (nSPS) is 12.6. The molecular weight excluding hydrogens is 412 g/mol. The summed E-state index contributed by atoms with van der Waals surface area (Å²) in [6, 6.07) is 10.3. The second kappa shape index (κ2) is 7.27. The van der Waals surface area contributed by atoms with Crippen molar-refractivity contribution in [3.05, 3.63) is 53.7 Å². The molecule has 102 valence electrons. The molecule has 0 aliphatic carbocycles. The highest BCUT2D eigenvalue weighted by Gasteiger charge is 2.15. The van der Waals surface area contributed by atoms with E-state index in [4.69, 9.17) is 23.2 Å². The van der Waals surface area contributed by atoms with E-state index in [1.807, 2.05) is 18.2 Å². The minimum absolute atomic E-state index is 0.269. The SMILES string of the molecule is CCNC(Cc1ccc(Cl)s1)c1cc(Cl)ccc1I. The molecule has 0 saturated carbocycles. The monoisotopic (exact) mass is 425 g/mol. The highest BCUT2D eigenvalue weighted by atomic mass is 127. The molecule has 1 aromatic heterocycles. The first-order valence-electron chi connectivity index (χ1n) is 6.02. The van der Waals surface area contributed by atoms with Gasteiger partial charge in [-0.25, -0.2) is 0 Å². The first-order chi connectivity index (χ1) is 9.10. The van der Waals surface area contributed by atoms with Gasteiger partial charge in [-0.2, -0.15) is 0 Å². The van der Waals surface area contributed by atoms with Crippen LogP contribution in [0.2, 0.25) is 9.36 Å². The molecule has 0 saturated heterocycles. The van der Waals surface area contributed by atoms with Crippen LogP contribution in [-0.2, 0) is 6.42 Å². The smallest absolute Gasteiger partial charge is 0.0931 e. The van der Waals surface area contributed by atoms with Crippen molar-refractivity contribution in [2.24, 2.45) is 0 Å². The Balaban J connectivity index is 2.26. The summed E-state index contributed by atoms with van der Waals surface area (Å²) in [6.45, 7) is 3.04. The zero-order valence-corrected chi connectivity index (χ0v) is 14.9. The lowest BCUT2D eigenvalue weighted by molar-refractivity contribution is 0.551. The van der Waals surface area contributed by atoms with E-state index in [0.29, 0.717) is 0 Å². The summed E-state index contributed by atoms with van der Waals surface area (Å²) in [7, 11) is 0. The summed E-state index contributed by atoms with van der Waals surface area (Å²) in [6.07, 6.45) is 0.932. The molecule has 1 atom stereocenters. The maximum Gasteiger partial charge on any atom is 0.0931 e. The third-order valence-electron chi connectivity index (χ3n) is 2.82. The Kier molecular flexibility index (Phi) is 5.96. The van der Waals surface area contributed by atoms with Gasteiger partial charge >= 0.3 is 0 Å². The minimum Gasteiger partial charge on any atom is -0.310 e. The van der Waals surface area contributed by atoms with Gasteiger partial charge in [0, 0.05) is 25.9 Å². The Labute approximate surface area is 141 Å². The molecule has 1 N–H and O–H groups in total. The molecule has 0 spiro atoms. The van der Waals surface area contributed by atoms with Crippen LogP contribution >= 0.6 is 57.1 Å². The first kappa shape index (κ1) is 15.6. The third kappa shape index (κ3) is 4.33. The van der Waals surface area contributed by atoms with Crippen LogP contribution in [0.15, 0.2) is 30.3 Å². The number of hydrogen-bond acceptors (Lipinski definition) is 2. The number of benzene rings is 1. The van der Waals surface area contributed by atoms with Crippen molar-refractivity contribution < 1.29 is 0 Å². The van der Waals surface area contributed by atoms with Crippen molar-refractivity contribution in [3.63, 3.8) is 0 Å².